The number of nitro groups is 1. The Hall–Kier alpha value is -5.26. The number of carbonyl (C=O) groups excluding carboxylic acids is 2. The van der Waals surface area contributed by atoms with Crippen molar-refractivity contribution in [2.45, 2.75) is 13.0 Å². The first-order chi connectivity index (χ1) is 18.1. The molecule has 4 aromatic rings. The number of nitrogens with zero attached hydrogens (tertiary/aromatic N) is 1. The summed E-state index contributed by atoms with van der Waals surface area (Å²) >= 11 is 0. The van der Waals surface area contributed by atoms with Crippen LogP contribution < -0.4 is 16.2 Å². The minimum atomic E-state index is -0.933. The zero-order valence-electron chi connectivity index (χ0n) is 19.7. The number of furan rings is 1. The van der Waals surface area contributed by atoms with E-state index < -0.39 is 39.8 Å². The largest absolute Gasteiger partial charge is 0.502 e. The second kappa shape index (κ2) is 10.8. The van der Waals surface area contributed by atoms with Crippen LogP contribution in [-0.4, -0.2) is 21.8 Å². The van der Waals surface area contributed by atoms with E-state index in [-0.39, 0.29) is 17.4 Å². The Balaban J connectivity index is 1.41. The van der Waals surface area contributed by atoms with Gasteiger partial charge in [0.25, 0.3) is 5.91 Å². The molecule has 12 heteroatoms. The molecule has 3 aromatic carbocycles. The Kier molecular flexibility index (Phi) is 7.33. The van der Waals surface area contributed by atoms with Crippen molar-refractivity contribution in [2.75, 3.05) is 5.32 Å². The van der Waals surface area contributed by atoms with Crippen LogP contribution in [0.1, 0.15) is 39.4 Å². The molecule has 0 saturated heterocycles. The fraction of sp³-hybridized carbons (Fsp3) is 0.0769. The predicted octanol–water partition coefficient (Wildman–Crippen LogP) is 5.09. The van der Waals surface area contributed by atoms with Gasteiger partial charge in [-0.15, -0.1) is 0 Å². The first kappa shape index (κ1) is 25.8. The minimum absolute atomic E-state index is 0.0992. The summed E-state index contributed by atoms with van der Waals surface area (Å²) in [6, 6.07) is 14.9. The third-order valence-corrected chi connectivity index (χ3v) is 5.62. The Labute approximate surface area is 214 Å². The number of amides is 2. The van der Waals surface area contributed by atoms with Crippen LogP contribution in [-0.2, 0) is 0 Å². The molecule has 0 radical (unpaired) electrons. The number of hydrogen-bond acceptors (Lipinski definition) is 7. The Morgan fingerprint density at radius 3 is 2.34 bits per heavy atom. The zero-order chi connectivity index (χ0) is 27.4. The van der Waals surface area contributed by atoms with E-state index in [1.54, 1.807) is 37.3 Å². The summed E-state index contributed by atoms with van der Waals surface area (Å²) in [5.74, 6) is -4.18. The highest BCUT2D eigenvalue weighted by molar-refractivity contribution is 6.01. The standard InChI is InChI=1S/C26H20F2N4O6/c1-14(16-4-8-20(27)21(28)12-16)29-18-6-2-15(3-7-18)19-10-11-38-24(19)26(35)31-30-25(34)17-5-9-23(33)22(13-17)32(36)37/h2-14,29,33H,1H3,(H,30,34)(H,31,35). The van der Waals surface area contributed by atoms with Crippen LogP contribution in [0.3, 0.4) is 0 Å². The van der Waals surface area contributed by atoms with E-state index in [2.05, 4.69) is 16.2 Å². The molecule has 1 unspecified atom stereocenters. The van der Waals surface area contributed by atoms with E-state index in [1.165, 1.54) is 12.3 Å². The van der Waals surface area contributed by atoms with Gasteiger partial charge in [-0.2, -0.15) is 0 Å². The molecular weight excluding hydrogens is 502 g/mol. The fourth-order valence-electron chi connectivity index (χ4n) is 3.63. The van der Waals surface area contributed by atoms with Gasteiger partial charge in [-0.25, -0.2) is 8.78 Å². The third kappa shape index (κ3) is 5.59. The SMILES string of the molecule is CC(Nc1ccc(-c2ccoc2C(=O)NNC(=O)c2ccc(O)c([N+](=O)[O-])c2)cc1)c1ccc(F)c(F)c1. The van der Waals surface area contributed by atoms with Crippen LogP contribution in [0.5, 0.6) is 5.75 Å². The van der Waals surface area contributed by atoms with Gasteiger partial charge in [0.05, 0.1) is 11.2 Å². The molecule has 2 amide bonds. The predicted molar refractivity (Wildman–Crippen MR) is 132 cm³/mol. The summed E-state index contributed by atoms with van der Waals surface area (Å²) < 4.78 is 32.0. The monoisotopic (exact) mass is 522 g/mol. The summed E-state index contributed by atoms with van der Waals surface area (Å²) in [7, 11) is 0. The van der Waals surface area contributed by atoms with Crippen molar-refractivity contribution in [1.29, 1.82) is 0 Å². The number of phenolic OH excluding ortho intramolecular Hbond substituents is 1. The molecule has 1 atom stereocenters. The number of hydrogen-bond donors (Lipinski definition) is 4. The summed E-state index contributed by atoms with van der Waals surface area (Å²) in [5.41, 5.74) is 5.81. The molecule has 0 aliphatic rings. The number of nitrogens with one attached hydrogen (secondary N) is 3. The van der Waals surface area contributed by atoms with Crippen LogP contribution in [0, 0.1) is 21.7 Å². The summed E-state index contributed by atoms with van der Waals surface area (Å²) in [6.45, 7) is 1.80. The van der Waals surface area contributed by atoms with Crippen molar-refractivity contribution in [1.82, 2.24) is 10.9 Å². The number of hydrazine groups is 1. The summed E-state index contributed by atoms with van der Waals surface area (Å²) in [5, 5.41) is 23.6. The first-order valence-electron chi connectivity index (χ1n) is 11.1. The number of phenols is 1. The van der Waals surface area contributed by atoms with E-state index >= 15 is 0 Å². The van der Waals surface area contributed by atoms with Crippen molar-refractivity contribution >= 4 is 23.2 Å². The highest BCUT2D eigenvalue weighted by Crippen LogP contribution is 2.28. The maximum atomic E-state index is 13.5. The quantitative estimate of drug-likeness (QED) is 0.195. The molecule has 0 bridgehead atoms. The average molecular weight is 522 g/mol. The molecule has 1 heterocycles. The molecule has 0 aliphatic carbocycles. The van der Waals surface area contributed by atoms with Gasteiger partial charge >= 0.3 is 11.6 Å². The molecule has 0 spiro atoms. The molecule has 0 saturated carbocycles. The van der Waals surface area contributed by atoms with Crippen LogP contribution >= 0.6 is 0 Å². The van der Waals surface area contributed by atoms with Crippen molar-refractivity contribution in [3.63, 3.8) is 0 Å². The lowest BCUT2D eigenvalue weighted by atomic mass is 10.0. The summed E-state index contributed by atoms with van der Waals surface area (Å²) in [6.07, 6.45) is 1.30. The van der Waals surface area contributed by atoms with Gasteiger partial charge in [-0.1, -0.05) is 18.2 Å². The van der Waals surface area contributed by atoms with E-state index in [0.29, 0.717) is 22.4 Å². The molecular formula is C26H20F2N4O6. The lowest BCUT2D eigenvalue weighted by molar-refractivity contribution is -0.385. The zero-order valence-corrected chi connectivity index (χ0v) is 19.7. The maximum absolute atomic E-state index is 13.5. The van der Waals surface area contributed by atoms with E-state index in [0.717, 1.165) is 30.3 Å². The van der Waals surface area contributed by atoms with Gasteiger partial charge in [0.1, 0.15) is 0 Å². The number of benzene rings is 3. The van der Waals surface area contributed by atoms with Gasteiger partial charge in [0.2, 0.25) is 5.76 Å². The lowest BCUT2D eigenvalue weighted by Crippen LogP contribution is -2.41. The van der Waals surface area contributed by atoms with Gasteiger partial charge in [-0.05, 0) is 60.5 Å². The second-order valence-electron chi connectivity index (χ2n) is 8.15. The van der Waals surface area contributed by atoms with Gasteiger partial charge in [0.15, 0.2) is 17.4 Å². The smallest absolute Gasteiger partial charge is 0.311 e. The Morgan fingerprint density at radius 2 is 1.66 bits per heavy atom. The maximum Gasteiger partial charge on any atom is 0.311 e. The van der Waals surface area contributed by atoms with Gasteiger partial charge in [0, 0.05) is 28.9 Å². The molecule has 10 nitrogen and oxygen atoms in total. The molecule has 1 aromatic heterocycles. The third-order valence-electron chi connectivity index (χ3n) is 5.62. The average Bonchev–Trinajstić information content (AvgIpc) is 3.39. The molecule has 38 heavy (non-hydrogen) atoms. The number of nitro benzene ring substituents is 1. The first-order valence-corrected chi connectivity index (χ1v) is 11.1. The number of aromatic hydroxyl groups is 1. The number of rotatable bonds is 7. The lowest BCUT2D eigenvalue weighted by Gasteiger charge is -2.16. The molecule has 0 aliphatic heterocycles. The van der Waals surface area contributed by atoms with E-state index in [4.69, 9.17) is 4.42 Å². The molecule has 4 N–H and O–H groups in total. The van der Waals surface area contributed by atoms with E-state index in [9.17, 15) is 33.6 Å². The van der Waals surface area contributed by atoms with Crippen molar-refractivity contribution in [2.24, 2.45) is 0 Å². The number of anilines is 1. The molecule has 194 valence electrons. The number of halogens is 2. The van der Waals surface area contributed by atoms with Crippen LogP contribution in [0.2, 0.25) is 0 Å². The molecule has 4 rings (SSSR count). The highest BCUT2D eigenvalue weighted by atomic mass is 19.2. The van der Waals surface area contributed by atoms with Gasteiger partial charge < -0.3 is 14.8 Å². The van der Waals surface area contributed by atoms with Crippen LogP contribution in [0.25, 0.3) is 11.1 Å². The Bertz CT molecular complexity index is 1520. The van der Waals surface area contributed by atoms with Crippen molar-refractivity contribution < 1.29 is 32.8 Å². The highest BCUT2D eigenvalue weighted by Gasteiger charge is 2.20. The van der Waals surface area contributed by atoms with Crippen LogP contribution in [0.4, 0.5) is 20.2 Å². The Morgan fingerprint density at radius 1 is 0.947 bits per heavy atom. The van der Waals surface area contributed by atoms with Crippen molar-refractivity contribution in [3.05, 3.63) is 112 Å². The van der Waals surface area contributed by atoms with Gasteiger partial charge in [-0.3, -0.25) is 30.6 Å². The van der Waals surface area contributed by atoms with E-state index in [1.807, 2.05) is 0 Å². The summed E-state index contributed by atoms with van der Waals surface area (Å²) in [4.78, 5) is 35.1. The minimum Gasteiger partial charge on any atom is -0.502 e. The fourth-order valence-corrected chi connectivity index (χ4v) is 3.63. The van der Waals surface area contributed by atoms with Crippen LogP contribution in [0.15, 0.2) is 77.4 Å². The van der Waals surface area contributed by atoms with Crippen molar-refractivity contribution in [3.8, 4) is 16.9 Å². The molecule has 0 fully saturated rings. The normalized spacial score (nSPS) is 11.4. The second-order valence-corrected chi connectivity index (χ2v) is 8.15. The number of carbonyl (C=O) groups is 2. The topological polar surface area (TPSA) is 147 Å².